The molecule has 0 saturated heterocycles. The van der Waals surface area contributed by atoms with Crippen LogP contribution < -0.4 is 4.74 Å². The highest BCUT2D eigenvalue weighted by Crippen LogP contribution is 2.19. The third-order valence-corrected chi connectivity index (χ3v) is 4.08. The summed E-state index contributed by atoms with van der Waals surface area (Å²) >= 11 is 0. The topological polar surface area (TPSA) is 55.6 Å². The largest absolute Gasteiger partial charge is 0.483 e. The highest BCUT2D eigenvalue weighted by atomic mass is 16.5. The summed E-state index contributed by atoms with van der Waals surface area (Å²) in [5, 5.41) is 0. The Kier molecular flexibility index (Phi) is 6.04. The van der Waals surface area contributed by atoms with E-state index in [2.05, 4.69) is 11.9 Å². The van der Waals surface area contributed by atoms with Crippen molar-refractivity contribution in [3.8, 4) is 5.75 Å². The zero-order valence-electron chi connectivity index (χ0n) is 14.8. The summed E-state index contributed by atoms with van der Waals surface area (Å²) in [5.41, 5.74) is 2.05. The predicted molar refractivity (Wildman–Crippen MR) is 98.5 cm³/mol. The highest BCUT2D eigenvalue weighted by Gasteiger charge is 2.17. The molecule has 5 nitrogen and oxygen atoms in total. The molecule has 2 heterocycles. The molecule has 3 aromatic rings. The number of nitrogens with zero attached hydrogens (tertiary/aromatic N) is 2. The Labute approximate surface area is 153 Å². The first kappa shape index (κ1) is 17.7. The van der Waals surface area contributed by atoms with Gasteiger partial charge in [0, 0.05) is 18.9 Å². The van der Waals surface area contributed by atoms with Crippen LogP contribution in [0, 0.1) is 0 Å². The van der Waals surface area contributed by atoms with E-state index in [1.165, 1.54) is 0 Å². The van der Waals surface area contributed by atoms with E-state index < -0.39 is 0 Å². The lowest BCUT2D eigenvalue weighted by atomic mass is 10.1. The lowest BCUT2D eigenvalue weighted by Gasteiger charge is -2.22. The fourth-order valence-electron chi connectivity index (χ4n) is 2.70. The van der Waals surface area contributed by atoms with Crippen molar-refractivity contribution in [1.29, 1.82) is 0 Å². The molecule has 0 aliphatic carbocycles. The van der Waals surface area contributed by atoms with Crippen molar-refractivity contribution in [2.24, 2.45) is 0 Å². The molecule has 134 valence electrons. The number of hydrogen-bond acceptors (Lipinski definition) is 4. The number of carbonyl (C=O) groups is 1. The average Bonchev–Trinajstić information content (AvgIpc) is 3.20. The average molecular weight is 350 g/mol. The van der Waals surface area contributed by atoms with E-state index in [4.69, 9.17) is 9.15 Å². The molecular formula is C21H22N2O3. The van der Waals surface area contributed by atoms with Gasteiger partial charge < -0.3 is 14.1 Å². The van der Waals surface area contributed by atoms with Gasteiger partial charge in [-0.3, -0.25) is 9.78 Å². The smallest absolute Gasteiger partial charge is 0.261 e. The van der Waals surface area contributed by atoms with Crippen molar-refractivity contribution in [2.75, 3.05) is 6.61 Å². The molecule has 0 radical (unpaired) electrons. The van der Waals surface area contributed by atoms with E-state index in [1.54, 1.807) is 23.6 Å². The summed E-state index contributed by atoms with van der Waals surface area (Å²) in [4.78, 5) is 18.6. The zero-order chi connectivity index (χ0) is 18.2. The van der Waals surface area contributed by atoms with Crippen LogP contribution in [0.4, 0.5) is 0 Å². The minimum Gasteiger partial charge on any atom is -0.483 e. The van der Waals surface area contributed by atoms with E-state index in [0.29, 0.717) is 13.1 Å². The first-order valence-electron chi connectivity index (χ1n) is 8.66. The van der Waals surface area contributed by atoms with E-state index in [0.717, 1.165) is 29.1 Å². The molecular weight excluding hydrogens is 328 g/mol. The van der Waals surface area contributed by atoms with Crippen LogP contribution >= 0.6 is 0 Å². The Morgan fingerprint density at radius 2 is 2.00 bits per heavy atom. The summed E-state index contributed by atoms with van der Waals surface area (Å²) in [6.07, 6.45) is 5.94. The molecule has 0 N–H and O–H groups in total. The summed E-state index contributed by atoms with van der Waals surface area (Å²) in [5.74, 6) is 1.38. The lowest BCUT2D eigenvalue weighted by Crippen LogP contribution is -2.34. The van der Waals surface area contributed by atoms with Gasteiger partial charge in [0.25, 0.3) is 5.91 Å². The maximum Gasteiger partial charge on any atom is 0.261 e. The van der Waals surface area contributed by atoms with E-state index in [-0.39, 0.29) is 12.5 Å². The molecule has 0 saturated carbocycles. The fraction of sp³-hybridized carbons (Fsp3) is 0.238. The number of carbonyl (C=O) groups excluding carboxylic acids is 1. The Morgan fingerprint density at radius 1 is 1.12 bits per heavy atom. The number of hydrogen-bond donors (Lipinski definition) is 0. The van der Waals surface area contributed by atoms with Gasteiger partial charge in [-0.15, -0.1) is 0 Å². The first-order valence-corrected chi connectivity index (χ1v) is 8.66. The molecule has 0 bridgehead atoms. The van der Waals surface area contributed by atoms with Gasteiger partial charge in [-0.2, -0.15) is 0 Å². The molecule has 0 aliphatic heterocycles. The fourth-order valence-corrected chi connectivity index (χ4v) is 2.70. The third kappa shape index (κ3) is 4.72. The van der Waals surface area contributed by atoms with Crippen molar-refractivity contribution in [3.05, 3.63) is 84.1 Å². The number of aromatic nitrogens is 1. The Hall–Kier alpha value is -3.08. The molecule has 0 atom stereocenters. The molecule has 1 amide bonds. The number of aryl methyl sites for hydroxylation is 1. The summed E-state index contributed by atoms with van der Waals surface area (Å²) in [7, 11) is 0. The Balaban J connectivity index is 1.69. The number of furan rings is 1. The number of ether oxygens (including phenoxy) is 1. The van der Waals surface area contributed by atoms with Crippen molar-refractivity contribution >= 4 is 5.91 Å². The maximum atomic E-state index is 12.8. The zero-order valence-corrected chi connectivity index (χ0v) is 14.8. The van der Waals surface area contributed by atoms with Gasteiger partial charge in [0.2, 0.25) is 0 Å². The van der Waals surface area contributed by atoms with Crippen molar-refractivity contribution in [1.82, 2.24) is 9.88 Å². The number of para-hydroxylation sites is 1. The third-order valence-electron chi connectivity index (χ3n) is 4.08. The minimum atomic E-state index is -0.101. The number of benzene rings is 1. The van der Waals surface area contributed by atoms with E-state index >= 15 is 0 Å². The molecule has 0 unspecified atom stereocenters. The molecule has 2 aromatic heterocycles. The van der Waals surface area contributed by atoms with Gasteiger partial charge in [0.15, 0.2) is 6.61 Å². The number of amides is 1. The minimum absolute atomic E-state index is 0.0159. The van der Waals surface area contributed by atoms with Gasteiger partial charge in [-0.25, -0.2) is 0 Å². The molecule has 0 aliphatic rings. The molecule has 0 spiro atoms. The van der Waals surface area contributed by atoms with Gasteiger partial charge in [0.05, 0.1) is 12.8 Å². The molecule has 0 fully saturated rings. The number of rotatable bonds is 8. The van der Waals surface area contributed by atoms with Crippen LogP contribution in [0.2, 0.25) is 0 Å². The quantitative estimate of drug-likeness (QED) is 0.619. The molecule has 3 rings (SSSR count). The summed E-state index contributed by atoms with van der Waals surface area (Å²) in [6, 6.07) is 15.3. The predicted octanol–water partition coefficient (Wildman–Crippen LogP) is 3.84. The van der Waals surface area contributed by atoms with Crippen LogP contribution in [-0.2, 0) is 24.3 Å². The van der Waals surface area contributed by atoms with Crippen LogP contribution in [0.25, 0.3) is 0 Å². The van der Waals surface area contributed by atoms with Crippen LogP contribution in [0.3, 0.4) is 0 Å². The second-order valence-electron chi connectivity index (χ2n) is 5.94. The Bertz CT molecular complexity index is 816. The molecule has 1 aromatic carbocycles. The second kappa shape index (κ2) is 8.85. The standard InChI is InChI=1S/C21H22N2O3/c1-2-18-8-3-4-10-20(18)26-16-21(24)23(15-19-9-6-12-25-19)14-17-7-5-11-22-13-17/h3-13H,2,14-16H2,1H3. The monoisotopic (exact) mass is 350 g/mol. The SMILES string of the molecule is CCc1ccccc1OCC(=O)N(Cc1cccnc1)Cc1ccco1. The molecule has 5 heteroatoms. The van der Waals surface area contributed by atoms with Crippen molar-refractivity contribution in [2.45, 2.75) is 26.4 Å². The lowest BCUT2D eigenvalue weighted by molar-refractivity contribution is -0.134. The van der Waals surface area contributed by atoms with Crippen LogP contribution in [0.5, 0.6) is 5.75 Å². The summed E-state index contributed by atoms with van der Waals surface area (Å²) in [6.45, 7) is 2.89. The highest BCUT2D eigenvalue weighted by molar-refractivity contribution is 5.77. The van der Waals surface area contributed by atoms with Crippen LogP contribution in [-0.4, -0.2) is 22.4 Å². The summed E-state index contributed by atoms with van der Waals surface area (Å²) < 4.78 is 11.2. The number of pyridine rings is 1. The van der Waals surface area contributed by atoms with Crippen LogP contribution in [0.15, 0.2) is 71.6 Å². The van der Waals surface area contributed by atoms with E-state index in [1.807, 2.05) is 48.5 Å². The van der Waals surface area contributed by atoms with Gasteiger partial charge in [-0.1, -0.05) is 31.2 Å². The van der Waals surface area contributed by atoms with Crippen molar-refractivity contribution in [3.63, 3.8) is 0 Å². The second-order valence-corrected chi connectivity index (χ2v) is 5.94. The van der Waals surface area contributed by atoms with Crippen molar-refractivity contribution < 1.29 is 13.9 Å². The normalized spacial score (nSPS) is 10.5. The molecule has 26 heavy (non-hydrogen) atoms. The van der Waals surface area contributed by atoms with Crippen LogP contribution in [0.1, 0.15) is 23.8 Å². The van der Waals surface area contributed by atoms with Gasteiger partial charge in [-0.05, 0) is 41.8 Å². The van der Waals surface area contributed by atoms with Gasteiger partial charge >= 0.3 is 0 Å². The Morgan fingerprint density at radius 3 is 2.73 bits per heavy atom. The van der Waals surface area contributed by atoms with Gasteiger partial charge in [0.1, 0.15) is 11.5 Å². The maximum absolute atomic E-state index is 12.8. The first-order chi connectivity index (χ1) is 12.8. The van der Waals surface area contributed by atoms with E-state index in [9.17, 15) is 4.79 Å².